The molecule has 0 aromatic heterocycles. The van der Waals surface area contributed by atoms with Crippen LogP contribution in [0.2, 0.25) is 0 Å². The Hall–Kier alpha value is -1.60. The van der Waals surface area contributed by atoms with Crippen LogP contribution in [-0.4, -0.2) is 33.0 Å². The predicted octanol–water partition coefficient (Wildman–Crippen LogP) is 2.82. The summed E-state index contributed by atoms with van der Waals surface area (Å²) in [6.07, 6.45) is 6.08. The highest BCUT2D eigenvalue weighted by molar-refractivity contribution is 7.89. The van der Waals surface area contributed by atoms with Crippen molar-refractivity contribution in [2.24, 2.45) is 0 Å². The molecule has 2 aliphatic rings. The first-order valence-electron chi connectivity index (χ1n) is 8.98. The minimum Gasteiger partial charge on any atom is -0.487 e. The van der Waals surface area contributed by atoms with Gasteiger partial charge in [0.05, 0.1) is 17.1 Å². The second-order valence-electron chi connectivity index (χ2n) is 7.00. The van der Waals surface area contributed by atoms with E-state index >= 15 is 0 Å². The maximum Gasteiger partial charge on any atom is 0.240 e. The molecule has 1 N–H and O–H groups in total. The summed E-state index contributed by atoms with van der Waals surface area (Å²) < 4.78 is 34.1. The number of anilines is 1. The fraction of sp³-hybridized carbons (Fsp3) is 0.611. The molecule has 0 bridgehead atoms. The van der Waals surface area contributed by atoms with E-state index in [1.165, 1.54) is 19.8 Å². The third kappa shape index (κ3) is 4.15. The van der Waals surface area contributed by atoms with E-state index in [1.54, 1.807) is 23.1 Å². The Bertz CT molecular complexity index is 739. The molecule has 1 amide bonds. The van der Waals surface area contributed by atoms with Crippen molar-refractivity contribution in [2.75, 3.05) is 11.4 Å². The summed E-state index contributed by atoms with van der Waals surface area (Å²) in [7, 11) is -3.62. The number of hydrogen-bond acceptors (Lipinski definition) is 4. The van der Waals surface area contributed by atoms with Gasteiger partial charge in [0.1, 0.15) is 11.9 Å². The summed E-state index contributed by atoms with van der Waals surface area (Å²) in [5.41, 5.74) is 0.523. The standard InChI is InChI=1S/C18H26N2O4S/c1-13-12-20(14(2)21)17-11-16(9-10-18(17)24-13)25(22,23)19-15-7-5-3-4-6-8-15/h9-11,13,15,19H,3-8,12H2,1-2H3. The van der Waals surface area contributed by atoms with Crippen LogP contribution in [0.1, 0.15) is 52.4 Å². The van der Waals surface area contributed by atoms with Crippen LogP contribution in [0.15, 0.2) is 23.1 Å². The monoisotopic (exact) mass is 366 g/mol. The Balaban J connectivity index is 1.87. The van der Waals surface area contributed by atoms with Crippen molar-refractivity contribution in [3.8, 4) is 5.75 Å². The van der Waals surface area contributed by atoms with Crippen LogP contribution < -0.4 is 14.4 Å². The van der Waals surface area contributed by atoms with E-state index in [4.69, 9.17) is 4.74 Å². The number of carbonyl (C=O) groups excluding carboxylic acids is 1. The van der Waals surface area contributed by atoms with E-state index in [0.29, 0.717) is 18.0 Å². The molecular weight excluding hydrogens is 340 g/mol. The van der Waals surface area contributed by atoms with Crippen molar-refractivity contribution < 1.29 is 17.9 Å². The van der Waals surface area contributed by atoms with Gasteiger partial charge in [0.25, 0.3) is 0 Å². The van der Waals surface area contributed by atoms with E-state index in [-0.39, 0.29) is 22.9 Å². The molecule has 1 aliphatic heterocycles. The van der Waals surface area contributed by atoms with Crippen LogP contribution in [0.25, 0.3) is 0 Å². The minimum atomic E-state index is -3.62. The molecule has 1 saturated carbocycles. The van der Waals surface area contributed by atoms with Crippen molar-refractivity contribution in [2.45, 2.75) is 69.4 Å². The van der Waals surface area contributed by atoms with Crippen molar-refractivity contribution in [3.05, 3.63) is 18.2 Å². The van der Waals surface area contributed by atoms with Crippen molar-refractivity contribution in [3.63, 3.8) is 0 Å². The van der Waals surface area contributed by atoms with Crippen LogP contribution in [0.3, 0.4) is 0 Å². The van der Waals surface area contributed by atoms with Gasteiger partial charge in [-0.3, -0.25) is 4.79 Å². The number of hydrogen-bond donors (Lipinski definition) is 1. The van der Waals surface area contributed by atoms with Crippen molar-refractivity contribution in [1.82, 2.24) is 4.72 Å². The molecule has 1 aromatic rings. The number of carbonyl (C=O) groups is 1. The molecule has 1 aliphatic carbocycles. The van der Waals surface area contributed by atoms with E-state index in [1.807, 2.05) is 6.92 Å². The van der Waals surface area contributed by atoms with Gasteiger partial charge in [-0.2, -0.15) is 0 Å². The summed E-state index contributed by atoms with van der Waals surface area (Å²) in [5.74, 6) is 0.421. The zero-order valence-electron chi connectivity index (χ0n) is 14.8. The largest absolute Gasteiger partial charge is 0.487 e. The smallest absolute Gasteiger partial charge is 0.240 e. The first kappa shape index (κ1) is 18.2. The van der Waals surface area contributed by atoms with E-state index in [9.17, 15) is 13.2 Å². The highest BCUT2D eigenvalue weighted by Gasteiger charge is 2.28. The zero-order chi connectivity index (χ0) is 18.0. The molecule has 1 atom stereocenters. The van der Waals surface area contributed by atoms with Crippen molar-refractivity contribution in [1.29, 1.82) is 0 Å². The number of ether oxygens (including phenoxy) is 1. The van der Waals surface area contributed by atoms with Crippen LogP contribution in [0, 0.1) is 0 Å². The molecular formula is C18H26N2O4S. The van der Waals surface area contributed by atoms with Gasteiger partial charge in [0, 0.05) is 13.0 Å². The lowest BCUT2D eigenvalue weighted by Crippen LogP contribution is -2.41. The summed E-state index contributed by atoms with van der Waals surface area (Å²) in [6, 6.07) is 4.72. The van der Waals surface area contributed by atoms with Crippen LogP contribution >= 0.6 is 0 Å². The molecule has 138 valence electrons. The zero-order valence-corrected chi connectivity index (χ0v) is 15.6. The van der Waals surface area contributed by atoms with Gasteiger partial charge in [-0.1, -0.05) is 25.7 Å². The molecule has 0 spiro atoms. The number of amides is 1. The Morgan fingerprint density at radius 3 is 2.52 bits per heavy atom. The quantitative estimate of drug-likeness (QED) is 0.835. The lowest BCUT2D eigenvalue weighted by molar-refractivity contribution is -0.117. The first-order valence-corrected chi connectivity index (χ1v) is 10.5. The Morgan fingerprint density at radius 2 is 1.88 bits per heavy atom. The molecule has 1 heterocycles. The number of rotatable bonds is 3. The molecule has 7 heteroatoms. The van der Waals surface area contributed by atoms with Crippen LogP contribution in [0.4, 0.5) is 5.69 Å². The Morgan fingerprint density at radius 1 is 1.20 bits per heavy atom. The van der Waals surface area contributed by atoms with E-state index in [0.717, 1.165) is 25.7 Å². The second-order valence-corrected chi connectivity index (χ2v) is 8.71. The number of nitrogens with zero attached hydrogens (tertiary/aromatic N) is 1. The SMILES string of the molecule is CC(=O)N1CC(C)Oc2ccc(S(=O)(=O)NC3CCCCCC3)cc21. The summed E-state index contributed by atoms with van der Waals surface area (Å²) in [5, 5.41) is 0. The third-order valence-electron chi connectivity index (χ3n) is 4.86. The molecule has 25 heavy (non-hydrogen) atoms. The van der Waals surface area contributed by atoms with E-state index < -0.39 is 10.0 Å². The van der Waals surface area contributed by atoms with Gasteiger partial charge < -0.3 is 9.64 Å². The number of nitrogens with one attached hydrogen (secondary N) is 1. The van der Waals surface area contributed by atoms with Gasteiger partial charge in [-0.25, -0.2) is 13.1 Å². The highest BCUT2D eigenvalue weighted by Crippen LogP contribution is 2.35. The average molecular weight is 366 g/mol. The van der Waals surface area contributed by atoms with Gasteiger partial charge in [0.2, 0.25) is 15.9 Å². The van der Waals surface area contributed by atoms with E-state index in [2.05, 4.69) is 4.72 Å². The van der Waals surface area contributed by atoms with Gasteiger partial charge in [0.15, 0.2) is 0 Å². The number of fused-ring (bicyclic) bond motifs is 1. The minimum absolute atomic E-state index is 0.0104. The molecule has 0 saturated heterocycles. The van der Waals surface area contributed by atoms with Gasteiger partial charge in [-0.05, 0) is 38.0 Å². The Kier molecular flexibility index (Phi) is 5.34. The average Bonchev–Trinajstić information content (AvgIpc) is 2.81. The van der Waals surface area contributed by atoms with Crippen molar-refractivity contribution >= 4 is 21.6 Å². The summed E-state index contributed by atoms with van der Waals surface area (Å²) in [6.45, 7) is 3.78. The third-order valence-corrected chi connectivity index (χ3v) is 6.37. The van der Waals surface area contributed by atoms with Crippen LogP contribution in [0.5, 0.6) is 5.75 Å². The first-order chi connectivity index (χ1) is 11.9. The molecule has 3 rings (SSSR count). The molecule has 6 nitrogen and oxygen atoms in total. The predicted molar refractivity (Wildman–Crippen MR) is 96.4 cm³/mol. The number of benzene rings is 1. The lowest BCUT2D eigenvalue weighted by Gasteiger charge is -2.33. The molecule has 1 fully saturated rings. The summed E-state index contributed by atoms with van der Waals surface area (Å²) >= 11 is 0. The molecule has 1 aromatic carbocycles. The van der Waals surface area contributed by atoms with Gasteiger partial charge in [-0.15, -0.1) is 0 Å². The maximum absolute atomic E-state index is 12.8. The maximum atomic E-state index is 12.8. The summed E-state index contributed by atoms with van der Waals surface area (Å²) in [4.78, 5) is 13.7. The fourth-order valence-corrected chi connectivity index (χ4v) is 4.89. The molecule has 1 unspecified atom stereocenters. The van der Waals surface area contributed by atoms with Crippen LogP contribution in [-0.2, 0) is 14.8 Å². The number of sulfonamides is 1. The fourth-order valence-electron chi connectivity index (χ4n) is 3.57. The topological polar surface area (TPSA) is 75.7 Å². The molecule has 0 radical (unpaired) electrons. The Labute approximate surface area is 149 Å². The van der Waals surface area contributed by atoms with Gasteiger partial charge >= 0.3 is 0 Å². The normalized spacial score (nSPS) is 22.0. The lowest BCUT2D eigenvalue weighted by atomic mass is 10.1. The highest BCUT2D eigenvalue weighted by atomic mass is 32.2. The second kappa shape index (κ2) is 7.33.